The number of nitrogens with zero attached hydrogens (tertiary/aromatic N) is 1. The third-order valence-corrected chi connectivity index (χ3v) is 4.21. The molecule has 0 aliphatic heterocycles. The molecule has 0 unspecified atom stereocenters. The van der Waals surface area contributed by atoms with Crippen molar-refractivity contribution in [2.24, 2.45) is 0 Å². The molecule has 0 aliphatic rings. The third kappa shape index (κ3) is 4.73. The van der Waals surface area contributed by atoms with Gasteiger partial charge in [-0.1, -0.05) is 42.8 Å². The van der Waals surface area contributed by atoms with Gasteiger partial charge in [-0.05, 0) is 30.2 Å². The molecule has 0 radical (unpaired) electrons. The normalized spacial score (nSPS) is 10.5. The molecular formula is C16H19ClN2S. The quantitative estimate of drug-likeness (QED) is 0.780. The van der Waals surface area contributed by atoms with E-state index in [9.17, 15) is 0 Å². The molecule has 106 valence electrons. The molecule has 0 bridgehead atoms. The minimum Gasteiger partial charge on any atom is -0.370 e. The Morgan fingerprint density at radius 1 is 1.10 bits per heavy atom. The van der Waals surface area contributed by atoms with Crippen LogP contribution in [0.4, 0.5) is 5.82 Å². The number of pyridine rings is 1. The number of halogens is 1. The highest BCUT2D eigenvalue weighted by Gasteiger charge is 2.01. The molecular weight excluding hydrogens is 288 g/mol. The molecule has 0 aliphatic carbocycles. The maximum atomic E-state index is 6.15. The van der Waals surface area contributed by atoms with E-state index in [-0.39, 0.29) is 0 Å². The Labute approximate surface area is 130 Å². The van der Waals surface area contributed by atoms with Gasteiger partial charge in [-0.15, -0.1) is 0 Å². The van der Waals surface area contributed by atoms with Crippen molar-refractivity contribution in [1.82, 2.24) is 4.98 Å². The first kappa shape index (κ1) is 15.2. The largest absolute Gasteiger partial charge is 0.370 e. The summed E-state index contributed by atoms with van der Waals surface area (Å²) in [5, 5.41) is 4.15. The van der Waals surface area contributed by atoms with Crippen LogP contribution in [0.2, 0.25) is 5.02 Å². The van der Waals surface area contributed by atoms with Crippen LogP contribution >= 0.6 is 23.4 Å². The summed E-state index contributed by atoms with van der Waals surface area (Å²) in [6.07, 6.45) is 1.10. The van der Waals surface area contributed by atoms with Crippen LogP contribution in [0.5, 0.6) is 0 Å². The van der Waals surface area contributed by atoms with E-state index in [1.165, 1.54) is 5.56 Å². The van der Waals surface area contributed by atoms with Crippen molar-refractivity contribution < 1.29 is 0 Å². The molecule has 1 aromatic carbocycles. The van der Waals surface area contributed by atoms with Crippen LogP contribution < -0.4 is 5.32 Å². The molecule has 1 N–H and O–H groups in total. The number of thioether (sulfide) groups is 1. The van der Waals surface area contributed by atoms with E-state index in [1.807, 2.05) is 36.0 Å². The van der Waals surface area contributed by atoms with E-state index >= 15 is 0 Å². The Morgan fingerprint density at radius 2 is 1.95 bits per heavy atom. The van der Waals surface area contributed by atoms with Crippen molar-refractivity contribution in [1.29, 1.82) is 0 Å². The Hall–Kier alpha value is -1.19. The van der Waals surface area contributed by atoms with Crippen molar-refractivity contribution in [2.75, 3.05) is 11.9 Å². The molecule has 0 atom stereocenters. The Balaban J connectivity index is 1.86. The van der Waals surface area contributed by atoms with Gasteiger partial charge in [0.2, 0.25) is 0 Å². The lowest BCUT2D eigenvalue weighted by Gasteiger charge is -2.07. The van der Waals surface area contributed by atoms with Crippen LogP contribution in [0.1, 0.15) is 24.6 Å². The van der Waals surface area contributed by atoms with Gasteiger partial charge in [0, 0.05) is 23.1 Å². The van der Waals surface area contributed by atoms with E-state index in [0.29, 0.717) is 0 Å². The van der Waals surface area contributed by atoms with Gasteiger partial charge in [-0.2, -0.15) is 11.8 Å². The number of benzene rings is 1. The molecule has 20 heavy (non-hydrogen) atoms. The van der Waals surface area contributed by atoms with E-state index in [4.69, 9.17) is 11.6 Å². The Morgan fingerprint density at radius 3 is 2.75 bits per heavy atom. The van der Waals surface area contributed by atoms with Crippen LogP contribution in [0, 0.1) is 0 Å². The van der Waals surface area contributed by atoms with E-state index in [2.05, 4.69) is 35.4 Å². The second-order valence-electron chi connectivity index (χ2n) is 4.53. The van der Waals surface area contributed by atoms with Crippen LogP contribution in [-0.2, 0) is 11.5 Å². The number of hydrogen-bond acceptors (Lipinski definition) is 3. The summed E-state index contributed by atoms with van der Waals surface area (Å²) in [6, 6.07) is 14.1. The second-order valence-corrected chi connectivity index (χ2v) is 5.92. The van der Waals surface area contributed by atoms with Crippen molar-refractivity contribution in [3.05, 3.63) is 58.7 Å². The van der Waals surface area contributed by atoms with Crippen molar-refractivity contribution in [2.45, 2.75) is 24.9 Å². The highest BCUT2D eigenvalue weighted by Crippen LogP contribution is 2.23. The third-order valence-electron chi connectivity index (χ3n) is 2.83. The van der Waals surface area contributed by atoms with Crippen LogP contribution in [-0.4, -0.2) is 11.5 Å². The SMILES string of the molecule is CCCNc1cccc(CSCc2ccccc2Cl)n1. The molecule has 1 aromatic heterocycles. The van der Waals surface area contributed by atoms with Gasteiger partial charge in [-0.3, -0.25) is 0 Å². The number of aromatic nitrogens is 1. The van der Waals surface area contributed by atoms with E-state index in [0.717, 1.165) is 41.0 Å². The van der Waals surface area contributed by atoms with Gasteiger partial charge in [0.25, 0.3) is 0 Å². The average Bonchev–Trinajstić information content (AvgIpc) is 2.48. The number of anilines is 1. The summed E-state index contributed by atoms with van der Waals surface area (Å²) in [7, 11) is 0. The first-order valence-electron chi connectivity index (χ1n) is 6.80. The van der Waals surface area contributed by atoms with Gasteiger partial charge < -0.3 is 5.32 Å². The lowest BCUT2D eigenvalue weighted by atomic mass is 10.2. The molecule has 0 saturated carbocycles. The van der Waals surface area contributed by atoms with Crippen molar-refractivity contribution >= 4 is 29.2 Å². The fourth-order valence-electron chi connectivity index (χ4n) is 1.79. The molecule has 0 saturated heterocycles. The number of hydrogen-bond donors (Lipinski definition) is 1. The van der Waals surface area contributed by atoms with Gasteiger partial charge in [-0.25, -0.2) is 4.98 Å². The van der Waals surface area contributed by atoms with Crippen molar-refractivity contribution in [3.63, 3.8) is 0 Å². The van der Waals surface area contributed by atoms with E-state index in [1.54, 1.807) is 0 Å². The van der Waals surface area contributed by atoms with Gasteiger partial charge in [0.05, 0.1) is 5.69 Å². The maximum absolute atomic E-state index is 6.15. The zero-order valence-corrected chi connectivity index (χ0v) is 13.2. The van der Waals surface area contributed by atoms with Crippen LogP contribution in [0.15, 0.2) is 42.5 Å². The van der Waals surface area contributed by atoms with E-state index < -0.39 is 0 Å². The van der Waals surface area contributed by atoms with Gasteiger partial charge >= 0.3 is 0 Å². The lowest BCUT2D eigenvalue weighted by Crippen LogP contribution is -2.02. The molecule has 1 heterocycles. The predicted molar refractivity (Wildman–Crippen MR) is 89.5 cm³/mol. The maximum Gasteiger partial charge on any atom is 0.126 e. The standard InChI is InChI=1S/C16H19ClN2S/c1-2-10-18-16-9-5-7-14(19-16)12-20-11-13-6-3-4-8-15(13)17/h3-9H,2,10-12H2,1H3,(H,18,19). The molecule has 4 heteroatoms. The number of rotatable bonds is 7. The zero-order chi connectivity index (χ0) is 14.2. The fourth-order valence-corrected chi connectivity index (χ4v) is 3.02. The van der Waals surface area contributed by atoms with Crippen LogP contribution in [0.3, 0.4) is 0 Å². The fraction of sp³-hybridized carbons (Fsp3) is 0.312. The predicted octanol–water partition coefficient (Wildman–Crippen LogP) is 4.99. The molecule has 0 spiro atoms. The first-order chi connectivity index (χ1) is 9.79. The van der Waals surface area contributed by atoms with Crippen LogP contribution in [0.25, 0.3) is 0 Å². The highest BCUT2D eigenvalue weighted by molar-refractivity contribution is 7.97. The van der Waals surface area contributed by atoms with Crippen molar-refractivity contribution in [3.8, 4) is 0 Å². The molecule has 2 rings (SSSR count). The smallest absolute Gasteiger partial charge is 0.126 e. The summed E-state index contributed by atoms with van der Waals surface area (Å²) in [5.74, 6) is 2.77. The zero-order valence-electron chi connectivity index (χ0n) is 11.6. The first-order valence-corrected chi connectivity index (χ1v) is 8.34. The number of nitrogens with one attached hydrogen (secondary N) is 1. The van der Waals surface area contributed by atoms with Gasteiger partial charge in [0.15, 0.2) is 0 Å². The summed E-state index contributed by atoms with van der Waals surface area (Å²) in [5.41, 5.74) is 2.28. The summed E-state index contributed by atoms with van der Waals surface area (Å²) >= 11 is 7.98. The molecule has 2 nitrogen and oxygen atoms in total. The van der Waals surface area contributed by atoms with Gasteiger partial charge in [0.1, 0.15) is 5.82 Å². The lowest BCUT2D eigenvalue weighted by molar-refractivity contribution is 0.965. The average molecular weight is 307 g/mol. The monoisotopic (exact) mass is 306 g/mol. The highest BCUT2D eigenvalue weighted by atomic mass is 35.5. The topological polar surface area (TPSA) is 24.9 Å². The minimum atomic E-state index is 0.839. The minimum absolute atomic E-state index is 0.839. The molecule has 0 amide bonds. The Kier molecular flexibility index (Phi) is 6.22. The summed E-state index contributed by atoms with van der Waals surface area (Å²) in [6.45, 7) is 3.11. The summed E-state index contributed by atoms with van der Waals surface area (Å²) < 4.78 is 0. The molecule has 0 fully saturated rings. The molecule has 2 aromatic rings. The Bertz CT molecular complexity index is 546. The second kappa shape index (κ2) is 8.18. The summed E-state index contributed by atoms with van der Waals surface area (Å²) in [4.78, 5) is 4.60.